The molecule has 0 radical (unpaired) electrons. The SMILES string of the molecule is CC(NC(=O)NCCCOCc1ccco1)c1ccc(NC(=O)C2CC2)cc1. The van der Waals surface area contributed by atoms with Crippen LogP contribution in [0.25, 0.3) is 0 Å². The molecule has 1 aromatic carbocycles. The van der Waals surface area contributed by atoms with Gasteiger partial charge in [0, 0.05) is 24.8 Å². The van der Waals surface area contributed by atoms with Crippen LogP contribution in [0.4, 0.5) is 10.5 Å². The fourth-order valence-electron chi connectivity index (χ4n) is 2.72. The van der Waals surface area contributed by atoms with Crippen molar-refractivity contribution in [2.45, 2.75) is 38.8 Å². The maximum absolute atomic E-state index is 12.0. The van der Waals surface area contributed by atoms with Crippen molar-refractivity contribution in [2.75, 3.05) is 18.5 Å². The number of hydrogen-bond donors (Lipinski definition) is 3. The van der Waals surface area contributed by atoms with Crippen molar-refractivity contribution in [1.82, 2.24) is 10.6 Å². The molecule has 2 aromatic rings. The first-order chi connectivity index (χ1) is 13.6. The Morgan fingerprint density at radius 3 is 2.68 bits per heavy atom. The highest BCUT2D eigenvalue weighted by Crippen LogP contribution is 2.30. The van der Waals surface area contributed by atoms with E-state index in [0.717, 1.165) is 36.3 Å². The van der Waals surface area contributed by atoms with Crippen molar-refractivity contribution in [3.05, 3.63) is 54.0 Å². The first kappa shape index (κ1) is 19.9. The van der Waals surface area contributed by atoms with E-state index in [2.05, 4.69) is 16.0 Å². The predicted octanol–water partition coefficient (Wildman–Crippen LogP) is 3.60. The molecule has 28 heavy (non-hydrogen) atoms. The molecule has 1 unspecified atom stereocenters. The molecule has 1 aliphatic rings. The van der Waals surface area contributed by atoms with Gasteiger partial charge in [-0.2, -0.15) is 0 Å². The smallest absolute Gasteiger partial charge is 0.315 e. The van der Waals surface area contributed by atoms with Gasteiger partial charge in [-0.05, 0) is 56.0 Å². The number of rotatable bonds is 10. The molecule has 1 atom stereocenters. The molecule has 150 valence electrons. The van der Waals surface area contributed by atoms with Crippen LogP contribution in [0.3, 0.4) is 0 Å². The second kappa shape index (κ2) is 9.94. The lowest BCUT2D eigenvalue weighted by Gasteiger charge is -2.16. The van der Waals surface area contributed by atoms with E-state index in [0.29, 0.717) is 19.8 Å². The van der Waals surface area contributed by atoms with Gasteiger partial charge < -0.3 is 25.1 Å². The van der Waals surface area contributed by atoms with E-state index >= 15 is 0 Å². The molecule has 1 fully saturated rings. The van der Waals surface area contributed by atoms with Crippen molar-refractivity contribution in [2.24, 2.45) is 5.92 Å². The molecule has 1 heterocycles. The van der Waals surface area contributed by atoms with Crippen LogP contribution in [0, 0.1) is 5.92 Å². The number of hydrogen-bond acceptors (Lipinski definition) is 4. The van der Waals surface area contributed by atoms with E-state index in [1.165, 1.54) is 0 Å². The van der Waals surface area contributed by atoms with Crippen molar-refractivity contribution < 1.29 is 18.7 Å². The third kappa shape index (κ3) is 6.42. The lowest BCUT2D eigenvalue weighted by molar-refractivity contribution is -0.117. The lowest BCUT2D eigenvalue weighted by atomic mass is 10.1. The van der Waals surface area contributed by atoms with E-state index in [1.807, 2.05) is 43.3 Å². The number of carbonyl (C=O) groups excluding carboxylic acids is 2. The summed E-state index contributed by atoms with van der Waals surface area (Å²) in [5.74, 6) is 1.06. The second-order valence-electron chi connectivity index (χ2n) is 6.99. The number of ether oxygens (including phenoxy) is 1. The molecular formula is C21H27N3O4. The fraction of sp³-hybridized carbons (Fsp3) is 0.429. The van der Waals surface area contributed by atoms with Gasteiger partial charge in [-0.25, -0.2) is 4.79 Å². The van der Waals surface area contributed by atoms with Gasteiger partial charge in [0.25, 0.3) is 0 Å². The molecule has 1 saturated carbocycles. The molecule has 0 saturated heterocycles. The van der Waals surface area contributed by atoms with Crippen LogP contribution in [-0.2, 0) is 16.1 Å². The van der Waals surface area contributed by atoms with Crippen molar-refractivity contribution in [3.63, 3.8) is 0 Å². The third-order valence-electron chi connectivity index (χ3n) is 4.55. The van der Waals surface area contributed by atoms with Crippen LogP contribution in [0.2, 0.25) is 0 Å². The van der Waals surface area contributed by atoms with Crippen LogP contribution in [-0.4, -0.2) is 25.1 Å². The molecule has 0 bridgehead atoms. The van der Waals surface area contributed by atoms with Crippen LogP contribution < -0.4 is 16.0 Å². The average Bonchev–Trinajstić information content (AvgIpc) is 3.42. The molecule has 1 aromatic heterocycles. The Hall–Kier alpha value is -2.80. The fourth-order valence-corrected chi connectivity index (χ4v) is 2.72. The third-order valence-corrected chi connectivity index (χ3v) is 4.55. The predicted molar refractivity (Wildman–Crippen MR) is 106 cm³/mol. The lowest BCUT2D eigenvalue weighted by Crippen LogP contribution is -2.37. The van der Waals surface area contributed by atoms with E-state index in [1.54, 1.807) is 6.26 Å². The summed E-state index contributed by atoms with van der Waals surface area (Å²) >= 11 is 0. The maximum atomic E-state index is 12.0. The van der Waals surface area contributed by atoms with Gasteiger partial charge in [-0.3, -0.25) is 4.79 Å². The van der Waals surface area contributed by atoms with Gasteiger partial charge in [0.05, 0.1) is 12.3 Å². The van der Waals surface area contributed by atoms with Crippen LogP contribution in [0.5, 0.6) is 0 Å². The van der Waals surface area contributed by atoms with Crippen LogP contribution in [0.15, 0.2) is 47.1 Å². The highest BCUT2D eigenvalue weighted by Gasteiger charge is 2.29. The molecule has 3 rings (SSSR count). The highest BCUT2D eigenvalue weighted by atomic mass is 16.5. The number of benzene rings is 1. The Morgan fingerprint density at radius 1 is 1.21 bits per heavy atom. The van der Waals surface area contributed by atoms with Gasteiger partial charge >= 0.3 is 6.03 Å². The van der Waals surface area contributed by atoms with Gasteiger partial charge in [-0.15, -0.1) is 0 Å². The Balaban J connectivity index is 1.30. The van der Waals surface area contributed by atoms with Gasteiger partial charge in [0.1, 0.15) is 12.4 Å². The summed E-state index contributed by atoms with van der Waals surface area (Å²) in [5, 5.41) is 8.64. The average molecular weight is 385 g/mol. The van der Waals surface area contributed by atoms with E-state index in [-0.39, 0.29) is 23.9 Å². The minimum absolute atomic E-state index is 0.0893. The number of nitrogens with one attached hydrogen (secondary N) is 3. The number of anilines is 1. The zero-order valence-corrected chi connectivity index (χ0v) is 16.1. The second-order valence-corrected chi connectivity index (χ2v) is 6.99. The summed E-state index contributed by atoms with van der Waals surface area (Å²) in [6.45, 7) is 3.44. The number of carbonyl (C=O) groups is 2. The molecular weight excluding hydrogens is 358 g/mol. The summed E-state index contributed by atoms with van der Waals surface area (Å²) in [7, 11) is 0. The van der Waals surface area contributed by atoms with Crippen LogP contribution in [0.1, 0.15) is 43.6 Å². The zero-order chi connectivity index (χ0) is 19.8. The number of amides is 3. The summed E-state index contributed by atoms with van der Waals surface area (Å²) in [4.78, 5) is 23.8. The summed E-state index contributed by atoms with van der Waals surface area (Å²) < 4.78 is 10.7. The Labute approximate surface area is 164 Å². The van der Waals surface area contributed by atoms with Crippen LogP contribution >= 0.6 is 0 Å². The molecule has 3 amide bonds. The summed E-state index contributed by atoms with van der Waals surface area (Å²) in [6, 6.07) is 10.9. The molecule has 0 aliphatic heterocycles. The van der Waals surface area contributed by atoms with Gasteiger partial charge in [0.15, 0.2) is 0 Å². The minimum atomic E-state index is -0.218. The zero-order valence-electron chi connectivity index (χ0n) is 16.1. The monoisotopic (exact) mass is 385 g/mol. The highest BCUT2D eigenvalue weighted by molar-refractivity contribution is 5.94. The summed E-state index contributed by atoms with van der Waals surface area (Å²) in [5.41, 5.74) is 1.76. The van der Waals surface area contributed by atoms with E-state index < -0.39 is 0 Å². The minimum Gasteiger partial charge on any atom is -0.467 e. The number of furan rings is 1. The summed E-state index contributed by atoms with van der Waals surface area (Å²) in [6.07, 6.45) is 4.30. The first-order valence-corrected chi connectivity index (χ1v) is 9.67. The Bertz CT molecular complexity index is 754. The van der Waals surface area contributed by atoms with E-state index in [9.17, 15) is 9.59 Å². The molecule has 0 spiro atoms. The standard InChI is InChI=1S/C21H27N3O4/c1-15(16-7-9-18(10-8-16)24-20(25)17-5-6-17)23-21(26)22-11-3-12-27-14-19-4-2-13-28-19/h2,4,7-10,13,15,17H,3,5-6,11-12,14H2,1H3,(H,24,25)(H2,22,23,26). The Kier molecular flexibility index (Phi) is 7.08. The molecule has 3 N–H and O–H groups in total. The number of urea groups is 1. The van der Waals surface area contributed by atoms with Gasteiger partial charge in [0.2, 0.25) is 5.91 Å². The Morgan fingerprint density at radius 2 is 2.00 bits per heavy atom. The molecule has 7 nitrogen and oxygen atoms in total. The normalized spacial score (nSPS) is 14.3. The molecule has 7 heteroatoms. The largest absolute Gasteiger partial charge is 0.467 e. The first-order valence-electron chi connectivity index (χ1n) is 9.67. The van der Waals surface area contributed by atoms with Crippen molar-refractivity contribution in [3.8, 4) is 0 Å². The van der Waals surface area contributed by atoms with Crippen molar-refractivity contribution >= 4 is 17.6 Å². The van der Waals surface area contributed by atoms with Gasteiger partial charge in [-0.1, -0.05) is 12.1 Å². The van der Waals surface area contributed by atoms with E-state index in [4.69, 9.17) is 9.15 Å². The van der Waals surface area contributed by atoms with Crippen molar-refractivity contribution in [1.29, 1.82) is 0 Å². The topological polar surface area (TPSA) is 92.6 Å². The quantitative estimate of drug-likeness (QED) is 0.545. The maximum Gasteiger partial charge on any atom is 0.315 e. The molecule has 1 aliphatic carbocycles.